The fourth-order valence-corrected chi connectivity index (χ4v) is 8.97. The number of hydrogen-bond donors (Lipinski definition) is 0. The quantitative estimate of drug-likeness (QED) is 0.363. The highest BCUT2D eigenvalue weighted by atomic mass is 32.3. The molecule has 1 aliphatic rings. The first-order valence-electron chi connectivity index (χ1n) is 11.8. The van der Waals surface area contributed by atoms with Crippen molar-refractivity contribution in [3.8, 4) is 0 Å². The van der Waals surface area contributed by atoms with Gasteiger partial charge in [0.2, 0.25) is 10.0 Å². The maximum Gasteiger partial charge on any atom is 0.277 e. The van der Waals surface area contributed by atoms with Gasteiger partial charge in [0, 0.05) is 17.7 Å². The van der Waals surface area contributed by atoms with Crippen LogP contribution in [0, 0.1) is 0 Å². The summed E-state index contributed by atoms with van der Waals surface area (Å²) in [5, 5.41) is 0. The molecule has 39 heavy (non-hydrogen) atoms. The Morgan fingerprint density at radius 1 is 0.718 bits per heavy atom. The highest BCUT2D eigenvalue weighted by molar-refractivity contribution is 8.10. The molecule has 0 N–H and O–H groups in total. The molecule has 0 atom stereocenters. The van der Waals surface area contributed by atoms with Crippen molar-refractivity contribution >= 4 is 53.0 Å². The minimum Gasteiger partial charge on any atom is -0.295 e. The van der Waals surface area contributed by atoms with Gasteiger partial charge in [-0.15, -0.1) is 0 Å². The molecular weight excluding hydrogens is 564 g/mol. The molecule has 3 aromatic rings. The zero-order valence-corrected chi connectivity index (χ0v) is 23.8. The highest BCUT2D eigenvalue weighted by Gasteiger charge is 2.38. The Morgan fingerprint density at radius 3 is 1.59 bits per heavy atom. The lowest BCUT2D eigenvalue weighted by atomic mass is 10.0. The van der Waals surface area contributed by atoms with E-state index in [0.717, 1.165) is 34.8 Å². The number of sulfonamides is 3. The number of Topliss-reactive ketones (excluding diaryl/α,β-unsaturated/α-hetero) is 2. The van der Waals surface area contributed by atoms with Crippen LogP contribution >= 0.6 is 0 Å². The fraction of sp³-hybridized carbons (Fsp3) is 0.231. The van der Waals surface area contributed by atoms with Crippen LogP contribution in [0.4, 0.5) is 11.4 Å². The number of ketones is 2. The van der Waals surface area contributed by atoms with E-state index in [1.54, 1.807) is 0 Å². The predicted octanol–water partition coefficient (Wildman–Crippen LogP) is 3.39. The number of carbonyl (C=O) groups is 2. The van der Waals surface area contributed by atoms with Crippen molar-refractivity contribution in [3.05, 3.63) is 83.4 Å². The summed E-state index contributed by atoms with van der Waals surface area (Å²) >= 11 is 0. The van der Waals surface area contributed by atoms with E-state index in [1.165, 1.54) is 56.3 Å². The van der Waals surface area contributed by atoms with Crippen molar-refractivity contribution in [3.63, 3.8) is 0 Å². The van der Waals surface area contributed by atoms with Crippen LogP contribution in [0.15, 0.2) is 76.5 Å². The smallest absolute Gasteiger partial charge is 0.277 e. The Labute approximate surface area is 228 Å². The van der Waals surface area contributed by atoms with Crippen LogP contribution < -0.4 is 8.02 Å². The molecule has 1 aliphatic heterocycles. The van der Waals surface area contributed by atoms with Crippen molar-refractivity contribution in [1.82, 2.24) is 0 Å². The standard InChI is InChI=1S/C26H26N2O8S3/c1-18(29)20-7-12-24(13-8-20)38(33,34)28(39(35,36)25-14-9-21(10-15-25)19(2)30)23-11-6-22-5-4-16-27(26(22)17-23)37(3,31)32/h6-15,17H,4-5,16H2,1-3H3. The minimum absolute atomic E-state index is 0.161. The van der Waals surface area contributed by atoms with Crippen LogP contribution in [-0.4, -0.2) is 49.6 Å². The normalized spacial score (nSPS) is 14.0. The van der Waals surface area contributed by atoms with E-state index in [9.17, 15) is 34.8 Å². The topological polar surface area (TPSA) is 143 Å². The molecule has 13 heteroatoms. The second-order valence-corrected chi connectivity index (χ2v) is 14.8. The Bertz CT molecular complexity index is 1690. The number of rotatable bonds is 8. The van der Waals surface area contributed by atoms with Crippen molar-refractivity contribution < 1.29 is 34.8 Å². The van der Waals surface area contributed by atoms with Gasteiger partial charge in [-0.05, 0) is 68.7 Å². The zero-order valence-electron chi connectivity index (χ0n) is 21.4. The van der Waals surface area contributed by atoms with Gasteiger partial charge in [-0.25, -0.2) is 25.3 Å². The SMILES string of the molecule is CC(=O)c1ccc(S(=O)(=O)N(c2ccc3c(c2)N(S(C)(=O)=O)CCC3)S(=O)(=O)c2ccc(C(C)=O)cc2)cc1. The maximum atomic E-state index is 13.9. The third-order valence-electron chi connectivity index (χ3n) is 6.31. The van der Waals surface area contributed by atoms with E-state index in [1.807, 2.05) is 0 Å². The van der Waals surface area contributed by atoms with Crippen LogP contribution in [0.1, 0.15) is 46.5 Å². The molecule has 0 amide bonds. The van der Waals surface area contributed by atoms with Crippen LogP contribution in [0.25, 0.3) is 0 Å². The number of carbonyl (C=O) groups excluding carboxylic acids is 2. The molecule has 0 saturated heterocycles. The van der Waals surface area contributed by atoms with Gasteiger partial charge in [0.15, 0.2) is 11.6 Å². The molecule has 4 rings (SSSR count). The Kier molecular flexibility index (Phi) is 7.45. The van der Waals surface area contributed by atoms with Crippen molar-refractivity contribution in [2.75, 3.05) is 20.8 Å². The molecule has 1 heterocycles. The summed E-state index contributed by atoms with van der Waals surface area (Å²) in [5.74, 6) is -0.603. The van der Waals surface area contributed by atoms with E-state index >= 15 is 0 Å². The molecule has 10 nitrogen and oxygen atoms in total. The van der Waals surface area contributed by atoms with Crippen molar-refractivity contribution in [2.45, 2.75) is 36.5 Å². The number of hydrogen-bond acceptors (Lipinski definition) is 8. The number of fused-ring (bicyclic) bond motifs is 1. The Morgan fingerprint density at radius 2 is 1.18 bits per heavy atom. The molecule has 0 radical (unpaired) electrons. The highest BCUT2D eigenvalue weighted by Crippen LogP contribution is 2.37. The molecule has 206 valence electrons. The largest absolute Gasteiger partial charge is 0.295 e. The molecule has 0 spiro atoms. The molecule has 3 aromatic carbocycles. The fourth-order valence-electron chi connectivity index (χ4n) is 4.31. The van der Waals surface area contributed by atoms with Gasteiger partial charge in [-0.2, -0.15) is 3.71 Å². The van der Waals surface area contributed by atoms with E-state index < -0.39 is 39.9 Å². The van der Waals surface area contributed by atoms with Gasteiger partial charge in [-0.3, -0.25) is 13.9 Å². The molecule has 0 unspecified atom stereocenters. The second kappa shape index (κ2) is 10.2. The van der Waals surface area contributed by atoms with Gasteiger partial charge in [0.1, 0.15) is 0 Å². The van der Waals surface area contributed by atoms with Gasteiger partial charge in [0.25, 0.3) is 20.0 Å². The average Bonchev–Trinajstić information content (AvgIpc) is 2.87. The van der Waals surface area contributed by atoms with Gasteiger partial charge < -0.3 is 0 Å². The third kappa shape index (κ3) is 5.47. The summed E-state index contributed by atoms with van der Waals surface area (Å²) < 4.78 is 82.0. The average molecular weight is 591 g/mol. The van der Waals surface area contributed by atoms with E-state index in [-0.39, 0.29) is 44.3 Å². The predicted molar refractivity (Wildman–Crippen MR) is 147 cm³/mol. The van der Waals surface area contributed by atoms with Gasteiger partial charge in [0.05, 0.1) is 27.4 Å². The molecule has 0 bridgehead atoms. The molecule has 0 aliphatic carbocycles. The first-order valence-corrected chi connectivity index (χ1v) is 16.5. The van der Waals surface area contributed by atoms with Crippen LogP contribution in [0.5, 0.6) is 0 Å². The number of nitrogens with zero attached hydrogens (tertiary/aromatic N) is 2. The number of anilines is 2. The summed E-state index contributed by atoms with van der Waals surface area (Å²) in [6, 6.07) is 13.7. The molecule has 0 fully saturated rings. The lowest BCUT2D eigenvalue weighted by Gasteiger charge is -2.31. The lowest BCUT2D eigenvalue weighted by Crippen LogP contribution is -2.38. The minimum atomic E-state index is -4.81. The number of aryl methyl sites for hydroxylation is 1. The summed E-state index contributed by atoms with van der Waals surface area (Å²) in [6.45, 7) is 2.78. The summed E-state index contributed by atoms with van der Waals surface area (Å²) in [4.78, 5) is 22.6. The second-order valence-electron chi connectivity index (χ2n) is 9.12. The van der Waals surface area contributed by atoms with Gasteiger partial charge >= 0.3 is 0 Å². The van der Waals surface area contributed by atoms with Crippen LogP contribution in [0.3, 0.4) is 0 Å². The third-order valence-corrected chi connectivity index (χ3v) is 11.7. The lowest BCUT2D eigenvalue weighted by molar-refractivity contribution is 0.100. The summed E-state index contributed by atoms with van der Waals surface area (Å²) in [6.07, 6.45) is 2.10. The van der Waals surface area contributed by atoms with E-state index in [2.05, 4.69) is 0 Å². The molecular formula is C26H26N2O8S3. The number of benzene rings is 3. The van der Waals surface area contributed by atoms with Crippen molar-refractivity contribution in [1.29, 1.82) is 0 Å². The van der Waals surface area contributed by atoms with Gasteiger partial charge in [-0.1, -0.05) is 30.3 Å². The Hall–Kier alpha value is -3.55. The Balaban J connectivity index is 1.96. The molecule has 0 saturated carbocycles. The summed E-state index contributed by atoms with van der Waals surface area (Å²) in [5.41, 5.74) is 0.995. The first kappa shape index (κ1) is 28.5. The van der Waals surface area contributed by atoms with E-state index in [4.69, 9.17) is 0 Å². The zero-order chi connectivity index (χ0) is 28.8. The van der Waals surface area contributed by atoms with Crippen molar-refractivity contribution in [2.24, 2.45) is 0 Å². The monoisotopic (exact) mass is 590 g/mol. The van der Waals surface area contributed by atoms with Crippen LogP contribution in [0.2, 0.25) is 0 Å². The first-order chi connectivity index (χ1) is 18.1. The molecule has 0 aromatic heterocycles. The van der Waals surface area contributed by atoms with E-state index in [0.29, 0.717) is 18.4 Å². The summed E-state index contributed by atoms with van der Waals surface area (Å²) in [7, 11) is -13.3. The van der Waals surface area contributed by atoms with Crippen LogP contribution in [-0.2, 0) is 36.5 Å². The maximum absolute atomic E-state index is 13.9.